The number of likely N-dealkylation sites (tertiary alicyclic amines) is 1. The van der Waals surface area contributed by atoms with E-state index in [4.69, 9.17) is 4.74 Å². The van der Waals surface area contributed by atoms with E-state index in [1.807, 2.05) is 31.7 Å². The molecule has 4 heteroatoms. The molecule has 1 amide bonds. The summed E-state index contributed by atoms with van der Waals surface area (Å²) in [4.78, 5) is 14.6. The largest absolute Gasteiger partial charge is 0.444 e. The van der Waals surface area contributed by atoms with E-state index < -0.39 is 5.60 Å². The first-order valence-electron chi connectivity index (χ1n) is 8.98. The van der Waals surface area contributed by atoms with Crippen LogP contribution in [0.4, 0.5) is 4.79 Å². The lowest BCUT2D eigenvalue weighted by molar-refractivity contribution is 0.0284. The van der Waals surface area contributed by atoms with Crippen LogP contribution in [0.1, 0.15) is 44.7 Å². The minimum atomic E-state index is -0.490. The lowest BCUT2D eigenvalue weighted by Gasteiger charge is -2.31. The average Bonchev–Trinajstić information content (AvgIpc) is 2.94. The SMILES string of the molecule is CC(C)(C)OC(=O)N1C[C@@H](c2ccc(Br)cc2)[C@@](C)(c2ccccc2)C1. The van der Waals surface area contributed by atoms with Gasteiger partial charge in [-0.05, 0) is 44.0 Å². The van der Waals surface area contributed by atoms with Gasteiger partial charge in [-0.25, -0.2) is 4.79 Å². The number of nitrogens with zero attached hydrogens (tertiary/aromatic N) is 1. The molecule has 1 aliphatic rings. The molecule has 2 aromatic carbocycles. The molecule has 0 aromatic heterocycles. The summed E-state index contributed by atoms with van der Waals surface area (Å²) in [6, 6.07) is 18.9. The summed E-state index contributed by atoms with van der Waals surface area (Å²) in [6.45, 7) is 9.27. The van der Waals surface area contributed by atoms with E-state index in [0.29, 0.717) is 13.1 Å². The molecule has 1 aliphatic heterocycles. The van der Waals surface area contributed by atoms with Crippen molar-refractivity contribution in [3.05, 3.63) is 70.2 Å². The van der Waals surface area contributed by atoms with Gasteiger partial charge in [-0.3, -0.25) is 0 Å². The van der Waals surface area contributed by atoms with Gasteiger partial charge in [0.25, 0.3) is 0 Å². The van der Waals surface area contributed by atoms with Gasteiger partial charge in [-0.1, -0.05) is 65.3 Å². The predicted octanol–water partition coefficient (Wildman–Crippen LogP) is 5.74. The zero-order valence-electron chi connectivity index (χ0n) is 15.8. The van der Waals surface area contributed by atoms with Gasteiger partial charge in [0.2, 0.25) is 0 Å². The maximum Gasteiger partial charge on any atom is 0.410 e. The van der Waals surface area contributed by atoms with Crippen molar-refractivity contribution in [2.24, 2.45) is 0 Å². The Labute approximate surface area is 164 Å². The number of ether oxygens (including phenoxy) is 1. The molecular formula is C22H26BrNO2. The number of hydrogen-bond acceptors (Lipinski definition) is 2. The van der Waals surface area contributed by atoms with Crippen molar-refractivity contribution in [2.45, 2.75) is 44.6 Å². The lowest BCUT2D eigenvalue weighted by Crippen LogP contribution is -2.37. The second-order valence-electron chi connectivity index (χ2n) is 8.25. The van der Waals surface area contributed by atoms with Gasteiger partial charge in [0, 0.05) is 28.9 Å². The van der Waals surface area contributed by atoms with E-state index in [2.05, 4.69) is 71.4 Å². The van der Waals surface area contributed by atoms with Crippen LogP contribution in [0.15, 0.2) is 59.1 Å². The van der Waals surface area contributed by atoms with Crippen molar-refractivity contribution in [3.63, 3.8) is 0 Å². The molecule has 2 aromatic rings. The fourth-order valence-electron chi connectivity index (χ4n) is 3.74. The van der Waals surface area contributed by atoms with Crippen LogP contribution >= 0.6 is 15.9 Å². The van der Waals surface area contributed by atoms with E-state index in [9.17, 15) is 4.79 Å². The first kappa shape index (κ1) is 19.0. The smallest absolute Gasteiger partial charge is 0.410 e. The number of rotatable bonds is 2. The lowest BCUT2D eigenvalue weighted by atomic mass is 9.71. The molecule has 0 spiro atoms. The van der Waals surface area contributed by atoms with Crippen molar-refractivity contribution in [2.75, 3.05) is 13.1 Å². The Bertz CT molecular complexity index is 767. The van der Waals surface area contributed by atoms with Crippen LogP contribution in [0.5, 0.6) is 0 Å². The Morgan fingerprint density at radius 2 is 1.73 bits per heavy atom. The normalized spacial score (nSPS) is 23.1. The van der Waals surface area contributed by atoms with Gasteiger partial charge in [0.05, 0.1) is 0 Å². The van der Waals surface area contributed by atoms with E-state index in [1.165, 1.54) is 11.1 Å². The minimum Gasteiger partial charge on any atom is -0.444 e. The number of carbonyl (C=O) groups is 1. The van der Waals surface area contributed by atoms with Crippen molar-refractivity contribution >= 4 is 22.0 Å². The van der Waals surface area contributed by atoms with E-state index >= 15 is 0 Å². The summed E-state index contributed by atoms with van der Waals surface area (Å²) in [5.74, 6) is 0.213. The van der Waals surface area contributed by atoms with Crippen molar-refractivity contribution in [1.29, 1.82) is 0 Å². The zero-order valence-corrected chi connectivity index (χ0v) is 17.4. The second kappa shape index (κ2) is 7.07. The molecule has 26 heavy (non-hydrogen) atoms. The van der Waals surface area contributed by atoms with Gasteiger partial charge in [0.15, 0.2) is 0 Å². The quantitative estimate of drug-likeness (QED) is 0.625. The van der Waals surface area contributed by atoms with Crippen LogP contribution < -0.4 is 0 Å². The Morgan fingerprint density at radius 3 is 2.31 bits per heavy atom. The molecule has 0 saturated carbocycles. The summed E-state index contributed by atoms with van der Waals surface area (Å²) in [5.41, 5.74) is 1.84. The van der Waals surface area contributed by atoms with Gasteiger partial charge in [0.1, 0.15) is 5.60 Å². The first-order chi connectivity index (χ1) is 12.2. The van der Waals surface area contributed by atoms with Gasteiger partial charge < -0.3 is 9.64 Å². The Morgan fingerprint density at radius 1 is 1.12 bits per heavy atom. The number of halogens is 1. The summed E-state index contributed by atoms with van der Waals surface area (Å²) in [5, 5.41) is 0. The molecule has 0 aliphatic carbocycles. The number of benzene rings is 2. The molecule has 1 heterocycles. The second-order valence-corrected chi connectivity index (χ2v) is 9.16. The Balaban J connectivity index is 1.96. The summed E-state index contributed by atoms with van der Waals surface area (Å²) < 4.78 is 6.69. The van der Waals surface area contributed by atoms with Crippen LogP contribution in [0.25, 0.3) is 0 Å². The number of hydrogen-bond donors (Lipinski definition) is 0. The molecule has 3 rings (SSSR count). The third-order valence-electron chi connectivity index (χ3n) is 5.05. The van der Waals surface area contributed by atoms with Crippen molar-refractivity contribution < 1.29 is 9.53 Å². The van der Waals surface area contributed by atoms with E-state index in [1.54, 1.807) is 0 Å². The first-order valence-corrected chi connectivity index (χ1v) is 9.77. The molecule has 0 radical (unpaired) electrons. The molecular weight excluding hydrogens is 390 g/mol. The fourth-order valence-corrected chi connectivity index (χ4v) is 4.00. The highest BCUT2D eigenvalue weighted by Gasteiger charge is 2.47. The molecule has 1 fully saturated rings. The van der Waals surface area contributed by atoms with E-state index in [-0.39, 0.29) is 17.4 Å². The molecule has 0 bridgehead atoms. The standard InChI is InChI=1S/C22H26BrNO2/c1-21(2,3)26-20(25)24-14-19(16-10-12-18(23)13-11-16)22(4,15-24)17-8-6-5-7-9-17/h5-13,19H,14-15H2,1-4H3/t19-,22+/m0/s1. The molecule has 0 N–H and O–H groups in total. The Hall–Kier alpha value is -1.81. The highest BCUT2D eigenvalue weighted by molar-refractivity contribution is 9.10. The van der Waals surface area contributed by atoms with Crippen molar-refractivity contribution in [1.82, 2.24) is 4.90 Å². The third-order valence-corrected chi connectivity index (χ3v) is 5.58. The predicted molar refractivity (Wildman–Crippen MR) is 108 cm³/mol. The van der Waals surface area contributed by atoms with Gasteiger partial charge in [-0.2, -0.15) is 0 Å². The average molecular weight is 416 g/mol. The van der Waals surface area contributed by atoms with Crippen LogP contribution in [-0.2, 0) is 10.2 Å². The monoisotopic (exact) mass is 415 g/mol. The van der Waals surface area contributed by atoms with Gasteiger partial charge >= 0.3 is 6.09 Å². The van der Waals surface area contributed by atoms with Gasteiger partial charge in [-0.15, -0.1) is 0 Å². The number of amides is 1. The summed E-state index contributed by atoms with van der Waals surface area (Å²) in [7, 11) is 0. The molecule has 3 nitrogen and oxygen atoms in total. The molecule has 138 valence electrons. The Kier molecular flexibility index (Phi) is 5.16. The third kappa shape index (κ3) is 3.96. The molecule has 2 atom stereocenters. The highest BCUT2D eigenvalue weighted by atomic mass is 79.9. The maximum atomic E-state index is 12.7. The summed E-state index contributed by atoms with van der Waals surface area (Å²) >= 11 is 3.51. The summed E-state index contributed by atoms with van der Waals surface area (Å²) in [6.07, 6.45) is -0.237. The van der Waals surface area contributed by atoms with Crippen LogP contribution in [0.3, 0.4) is 0 Å². The topological polar surface area (TPSA) is 29.5 Å². The molecule has 0 unspecified atom stereocenters. The van der Waals surface area contributed by atoms with Crippen molar-refractivity contribution in [3.8, 4) is 0 Å². The highest BCUT2D eigenvalue weighted by Crippen LogP contribution is 2.45. The minimum absolute atomic E-state index is 0.161. The fraction of sp³-hybridized carbons (Fsp3) is 0.409. The van der Waals surface area contributed by atoms with E-state index in [0.717, 1.165) is 4.47 Å². The molecule has 1 saturated heterocycles. The maximum absolute atomic E-state index is 12.7. The zero-order chi connectivity index (χ0) is 18.9. The van der Waals surface area contributed by atoms with Crippen LogP contribution in [0, 0.1) is 0 Å². The van der Waals surface area contributed by atoms with Crippen LogP contribution in [0.2, 0.25) is 0 Å². The number of carbonyl (C=O) groups excluding carboxylic acids is 1. The van der Waals surface area contributed by atoms with Crippen LogP contribution in [-0.4, -0.2) is 29.7 Å².